The predicted molar refractivity (Wildman–Crippen MR) is 95.7 cm³/mol. The summed E-state index contributed by atoms with van der Waals surface area (Å²) >= 11 is 0. The quantitative estimate of drug-likeness (QED) is 0.844. The molecule has 4 heteroatoms. The molecule has 0 spiro atoms. The molecule has 0 amide bonds. The molecule has 1 aliphatic carbocycles. The summed E-state index contributed by atoms with van der Waals surface area (Å²) in [5, 5.41) is 12.0. The number of likely N-dealkylation sites (tertiary alicyclic amines) is 1. The summed E-state index contributed by atoms with van der Waals surface area (Å²) in [6.07, 6.45) is 13.2. The molecule has 2 N–H and O–H groups in total. The Balaban J connectivity index is 1.29. The lowest BCUT2D eigenvalue weighted by atomic mass is 9.94. The first-order valence-corrected chi connectivity index (χ1v) is 8.95. The summed E-state index contributed by atoms with van der Waals surface area (Å²) in [5.41, 5.74) is 2.32. The summed E-state index contributed by atoms with van der Waals surface area (Å²) in [5.74, 6) is 0.789. The van der Waals surface area contributed by atoms with Crippen molar-refractivity contribution in [3.63, 3.8) is 0 Å². The second-order valence-electron chi connectivity index (χ2n) is 7.01. The SMILES string of the molecule is C1=CC(CN2CCC(Nc3ccc4[nH]ncc4c3)CC2)CCC1. The van der Waals surface area contributed by atoms with Crippen LogP contribution in [0.15, 0.2) is 36.5 Å². The van der Waals surface area contributed by atoms with Gasteiger partial charge in [0.05, 0.1) is 11.7 Å². The van der Waals surface area contributed by atoms with Gasteiger partial charge in [-0.1, -0.05) is 12.2 Å². The molecule has 0 saturated carbocycles. The zero-order chi connectivity index (χ0) is 15.5. The van der Waals surface area contributed by atoms with E-state index in [1.807, 2.05) is 6.20 Å². The molecule has 1 unspecified atom stereocenters. The Morgan fingerprint density at radius 3 is 2.96 bits per heavy atom. The molecule has 1 aromatic heterocycles. The maximum absolute atomic E-state index is 4.09. The molecular formula is C19H26N4. The number of aromatic amines is 1. The Morgan fingerprint density at radius 1 is 1.22 bits per heavy atom. The van der Waals surface area contributed by atoms with E-state index in [4.69, 9.17) is 0 Å². The number of aromatic nitrogens is 2. The molecule has 2 heterocycles. The average molecular weight is 310 g/mol. The monoisotopic (exact) mass is 310 g/mol. The highest BCUT2D eigenvalue weighted by molar-refractivity contribution is 5.81. The van der Waals surface area contributed by atoms with Gasteiger partial charge in [0.25, 0.3) is 0 Å². The van der Waals surface area contributed by atoms with Gasteiger partial charge in [0, 0.05) is 36.7 Å². The van der Waals surface area contributed by atoms with E-state index in [2.05, 4.69) is 50.8 Å². The lowest BCUT2D eigenvalue weighted by molar-refractivity contribution is 0.195. The van der Waals surface area contributed by atoms with Crippen LogP contribution >= 0.6 is 0 Å². The highest BCUT2D eigenvalue weighted by Gasteiger charge is 2.21. The second kappa shape index (κ2) is 6.75. The van der Waals surface area contributed by atoms with Crippen LogP contribution in [0.3, 0.4) is 0 Å². The zero-order valence-electron chi connectivity index (χ0n) is 13.7. The number of fused-ring (bicyclic) bond motifs is 1. The first-order valence-electron chi connectivity index (χ1n) is 8.95. The van der Waals surface area contributed by atoms with Crippen LogP contribution in [0.5, 0.6) is 0 Å². The van der Waals surface area contributed by atoms with E-state index in [0.717, 1.165) is 11.4 Å². The molecule has 1 aromatic carbocycles. The maximum atomic E-state index is 4.09. The fourth-order valence-corrected chi connectivity index (χ4v) is 3.89. The molecule has 1 aliphatic heterocycles. The van der Waals surface area contributed by atoms with Gasteiger partial charge in [0.2, 0.25) is 0 Å². The zero-order valence-corrected chi connectivity index (χ0v) is 13.7. The molecule has 0 bridgehead atoms. The molecule has 1 fully saturated rings. The topological polar surface area (TPSA) is 44.0 Å². The highest BCUT2D eigenvalue weighted by atomic mass is 15.1. The van der Waals surface area contributed by atoms with Crippen LogP contribution in [-0.4, -0.2) is 40.8 Å². The van der Waals surface area contributed by atoms with Crippen LogP contribution in [-0.2, 0) is 0 Å². The van der Waals surface area contributed by atoms with Crippen molar-refractivity contribution < 1.29 is 0 Å². The van der Waals surface area contributed by atoms with Gasteiger partial charge in [-0.05, 0) is 56.2 Å². The number of allylic oxidation sites excluding steroid dienone is 1. The van der Waals surface area contributed by atoms with Gasteiger partial charge in [0.1, 0.15) is 0 Å². The molecule has 122 valence electrons. The summed E-state index contributed by atoms with van der Waals surface area (Å²) in [6.45, 7) is 3.69. The molecule has 2 aromatic rings. The smallest absolute Gasteiger partial charge is 0.0651 e. The van der Waals surface area contributed by atoms with Gasteiger partial charge in [-0.3, -0.25) is 5.10 Å². The van der Waals surface area contributed by atoms with E-state index in [1.165, 1.54) is 62.8 Å². The van der Waals surface area contributed by atoms with E-state index in [9.17, 15) is 0 Å². The van der Waals surface area contributed by atoms with Crippen LogP contribution < -0.4 is 5.32 Å². The molecular weight excluding hydrogens is 284 g/mol. The number of rotatable bonds is 4. The number of hydrogen-bond donors (Lipinski definition) is 2. The molecule has 2 aliphatic rings. The van der Waals surface area contributed by atoms with Crippen LogP contribution in [0.4, 0.5) is 5.69 Å². The van der Waals surface area contributed by atoms with Crippen molar-refractivity contribution in [3.8, 4) is 0 Å². The van der Waals surface area contributed by atoms with Gasteiger partial charge in [-0.15, -0.1) is 0 Å². The summed E-state index contributed by atoms with van der Waals surface area (Å²) < 4.78 is 0. The lowest BCUT2D eigenvalue weighted by Crippen LogP contribution is -2.41. The number of H-pyrrole nitrogens is 1. The van der Waals surface area contributed by atoms with Gasteiger partial charge >= 0.3 is 0 Å². The Morgan fingerprint density at radius 2 is 2.13 bits per heavy atom. The summed E-state index contributed by atoms with van der Waals surface area (Å²) in [4.78, 5) is 2.65. The van der Waals surface area contributed by atoms with Crippen LogP contribution in [0.1, 0.15) is 32.1 Å². The summed E-state index contributed by atoms with van der Waals surface area (Å²) in [6, 6.07) is 7.05. The molecule has 1 atom stereocenters. The van der Waals surface area contributed by atoms with Gasteiger partial charge in [-0.25, -0.2) is 0 Å². The van der Waals surface area contributed by atoms with Crippen molar-refractivity contribution in [2.45, 2.75) is 38.1 Å². The standard InChI is InChI=1S/C19H26N4/c1-2-4-15(5-3-1)14-23-10-8-17(9-11-23)21-18-6-7-19-16(12-18)13-20-22-19/h2,4,6-7,12-13,15,17,21H,1,3,5,8-11,14H2,(H,20,22). The third-order valence-electron chi connectivity index (χ3n) is 5.25. The first-order chi connectivity index (χ1) is 11.4. The fourth-order valence-electron chi connectivity index (χ4n) is 3.89. The van der Waals surface area contributed by atoms with Crippen molar-refractivity contribution in [2.75, 3.05) is 25.0 Å². The molecule has 0 radical (unpaired) electrons. The lowest BCUT2D eigenvalue weighted by Gasteiger charge is -2.35. The Labute approximate surface area is 137 Å². The maximum Gasteiger partial charge on any atom is 0.0651 e. The molecule has 4 nitrogen and oxygen atoms in total. The number of hydrogen-bond acceptors (Lipinski definition) is 3. The minimum absolute atomic E-state index is 0.595. The fraction of sp³-hybridized carbons (Fsp3) is 0.526. The largest absolute Gasteiger partial charge is 0.382 e. The molecule has 1 saturated heterocycles. The normalized spacial score (nSPS) is 23.4. The Kier molecular flexibility index (Phi) is 4.33. The molecule has 4 rings (SSSR count). The minimum atomic E-state index is 0.595. The van der Waals surface area contributed by atoms with Crippen LogP contribution in [0.2, 0.25) is 0 Å². The van der Waals surface area contributed by atoms with Crippen molar-refractivity contribution in [3.05, 3.63) is 36.5 Å². The highest BCUT2D eigenvalue weighted by Crippen LogP contribution is 2.23. The number of nitrogens with one attached hydrogen (secondary N) is 2. The van der Waals surface area contributed by atoms with Crippen molar-refractivity contribution in [1.29, 1.82) is 0 Å². The van der Waals surface area contributed by atoms with Gasteiger partial charge < -0.3 is 10.2 Å². The van der Waals surface area contributed by atoms with Crippen LogP contribution in [0.25, 0.3) is 10.9 Å². The van der Waals surface area contributed by atoms with E-state index >= 15 is 0 Å². The Bertz CT molecular complexity index is 667. The number of anilines is 1. The first kappa shape index (κ1) is 14.8. The second-order valence-corrected chi connectivity index (χ2v) is 7.01. The van der Waals surface area contributed by atoms with Crippen molar-refractivity contribution in [1.82, 2.24) is 15.1 Å². The van der Waals surface area contributed by atoms with E-state index in [-0.39, 0.29) is 0 Å². The van der Waals surface area contributed by atoms with Crippen molar-refractivity contribution in [2.24, 2.45) is 5.92 Å². The van der Waals surface area contributed by atoms with Gasteiger partial charge in [0.15, 0.2) is 0 Å². The minimum Gasteiger partial charge on any atom is -0.382 e. The predicted octanol–water partition coefficient (Wildman–Crippen LogP) is 3.80. The third kappa shape index (κ3) is 3.58. The third-order valence-corrected chi connectivity index (χ3v) is 5.25. The van der Waals surface area contributed by atoms with E-state index in [1.54, 1.807) is 0 Å². The average Bonchev–Trinajstić information content (AvgIpc) is 3.05. The van der Waals surface area contributed by atoms with Crippen molar-refractivity contribution >= 4 is 16.6 Å². The van der Waals surface area contributed by atoms with E-state index in [0.29, 0.717) is 6.04 Å². The van der Waals surface area contributed by atoms with Gasteiger partial charge in [-0.2, -0.15) is 5.10 Å². The van der Waals surface area contributed by atoms with E-state index < -0.39 is 0 Å². The summed E-state index contributed by atoms with van der Waals surface area (Å²) in [7, 11) is 0. The Hall–Kier alpha value is -1.81. The molecule has 23 heavy (non-hydrogen) atoms. The number of nitrogens with zero attached hydrogens (tertiary/aromatic N) is 2. The van der Waals surface area contributed by atoms with Crippen LogP contribution in [0, 0.1) is 5.92 Å². The number of piperidine rings is 1. The number of benzene rings is 1.